The van der Waals surface area contributed by atoms with Crippen LogP contribution >= 0.6 is 24.0 Å². The number of methoxy groups -OCH3 is 1. The van der Waals surface area contributed by atoms with Gasteiger partial charge in [-0.1, -0.05) is 42.0 Å². The van der Waals surface area contributed by atoms with Crippen LogP contribution in [0.25, 0.3) is 6.08 Å². The van der Waals surface area contributed by atoms with Crippen molar-refractivity contribution < 1.29 is 14.3 Å². The van der Waals surface area contributed by atoms with E-state index in [1.165, 1.54) is 11.8 Å². The van der Waals surface area contributed by atoms with Crippen molar-refractivity contribution >= 4 is 40.3 Å². The van der Waals surface area contributed by atoms with E-state index >= 15 is 0 Å². The summed E-state index contributed by atoms with van der Waals surface area (Å²) in [5.41, 5.74) is 0.710. The minimum atomic E-state index is -0.217. The second-order valence-electron chi connectivity index (χ2n) is 3.72. The third-order valence-corrected chi connectivity index (χ3v) is 3.62. The molecule has 0 aliphatic carbocycles. The molecule has 1 amide bonds. The number of hydrogen-bond acceptors (Lipinski definition) is 5. The van der Waals surface area contributed by atoms with Gasteiger partial charge in [0.05, 0.1) is 12.0 Å². The first kappa shape index (κ1) is 14.4. The fraction of sp³-hybridized carbons (Fsp3) is 0.143. The SMILES string of the molecule is C#CCOc1c(/C=C2/SC(=S)NC2=O)cccc1OC. The van der Waals surface area contributed by atoms with Crippen molar-refractivity contribution in [3.63, 3.8) is 0 Å². The van der Waals surface area contributed by atoms with E-state index in [2.05, 4.69) is 11.2 Å². The molecule has 0 bridgehead atoms. The largest absolute Gasteiger partial charge is 0.493 e. The van der Waals surface area contributed by atoms with Crippen LogP contribution in [-0.4, -0.2) is 23.9 Å². The Bertz CT molecular complexity index is 632. The zero-order valence-corrected chi connectivity index (χ0v) is 12.3. The van der Waals surface area contributed by atoms with Crippen LogP contribution < -0.4 is 14.8 Å². The van der Waals surface area contributed by atoms with Gasteiger partial charge in [0.1, 0.15) is 10.9 Å². The molecule has 0 radical (unpaired) electrons. The number of nitrogens with one attached hydrogen (secondary N) is 1. The molecule has 0 unspecified atom stereocenters. The topological polar surface area (TPSA) is 47.6 Å². The quantitative estimate of drug-likeness (QED) is 0.525. The molecule has 102 valence electrons. The summed E-state index contributed by atoms with van der Waals surface area (Å²) >= 11 is 6.16. The molecular formula is C14H11NO3S2. The number of terminal acetylenes is 1. The van der Waals surface area contributed by atoms with Crippen LogP contribution in [0.4, 0.5) is 0 Å². The standard InChI is InChI=1S/C14H11NO3S2/c1-3-7-18-12-9(5-4-6-10(12)17-2)8-11-13(16)15-14(19)20-11/h1,4-6,8H,7H2,2H3,(H,15,16,19)/b11-8+. The normalized spacial score (nSPS) is 15.9. The Hall–Kier alpha value is -1.97. The first-order chi connectivity index (χ1) is 9.65. The van der Waals surface area contributed by atoms with Crippen molar-refractivity contribution in [2.24, 2.45) is 0 Å². The molecule has 1 fully saturated rings. The Morgan fingerprint density at radius 2 is 2.35 bits per heavy atom. The van der Waals surface area contributed by atoms with Gasteiger partial charge < -0.3 is 14.8 Å². The highest BCUT2D eigenvalue weighted by molar-refractivity contribution is 8.26. The van der Waals surface area contributed by atoms with E-state index < -0.39 is 0 Å². The van der Waals surface area contributed by atoms with Crippen molar-refractivity contribution in [3.05, 3.63) is 28.7 Å². The number of benzene rings is 1. The predicted molar refractivity (Wildman–Crippen MR) is 83.6 cm³/mol. The van der Waals surface area contributed by atoms with Gasteiger partial charge in [0.25, 0.3) is 5.91 Å². The molecule has 1 N–H and O–H groups in total. The van der Waals surface area contributed by atoms with E-state index in [0.29, 0.717) is 26.3 Å². The van der Waals surface area contributed by atoms with Gasteiger partial charge in [-0.05, 0) is 12.1 Å². The van der Waals surface area contributed by atoms with Crippen LogP contribution in [0.5, 0.6) is 11.5 Å². The second-order valence-corrected chi connectivity index (χ2v) is 5.44. The van der Waals surface area contributed by atoms with E-state index in [9.17, 15) is 4.79 Å². The summed E-state index contributed by atoms with van der Waals surface area (Å²) in [4.78, 5) is 12.2. The Morgan fingerprint density at radius 3 is 2.95 bits per heavy atom. The lowest BCUT2D eigenvalue weighted by molar-refractivity contribution is -0.115. The second kappa shape index (κ2) is 6.46. The van der Waals surface area contributed by atoms with Crippen molar-refractivity contribution in [3.8, 4) is 23.8 Å². The highest BCUT2D eigenvalue weighted by Crippen LogP contribution is 2.35. The van der Waals surface area contributed by atoms with Gasteiger partial charge in [-0.3, -0.25) is 4.79 Å². The van der Waals surface area contributed by atoms with Crippen LogP contribution in [0.3, 0.4) is 0 Å². The van der Waals surface area contributed by atoms with Gasteiger partial charge in [-0.25, -0.2) is 0 Å². The molecule has 2 rings (SSSR count). The van der Waals surface area contributed by atoms with Gasteiger partial charge in [0, 0.05) is 5.56 Å². The number of thioether (sulfide) groups is 1. The minimum absolute atomic E-state index is 0.119. The maximum atomic E-state index is 11.7. The Kier molecular flexibility index (Phi) is 4.66. The molecule has 1 aromatic carbocycles. The molecule has 0 atom stereocenters. The summed E-state index contributed by atoms with van der Waals surface area (Å²) in [6.45, 7) is 0.119. The summed E-state index contributed by atoms with van der Waals surface area (Å²) < 4.78 is 11.2. The first-order valence-electron chi connectivity index (χ1n) is 5.64. The lowest BCUT2D eigenvalue weighted by atomic mass is 10.1. The number of thiocarbonyl (C=S) groups is 1. The van der Waals surface area contributed by atoms with E-state index in [1.54, 1.807) is 19.3 Å². The number of rotatable bonds is 4. The summed E-state index contributed by atoms with van der Waals surface area (Å²) in [5.74, 6) is 3.25. The van der Waals surface area contributed by atoms with Crippen LogP contribution in [-0.2, 0) is 4.79 Å². The van der Waals surface area contributed by atoms with E-state index in [1.807, 2.05) is 12.1 Å². The third kappa shape index (κ3) is 3.13. The number of para-hydroxylation sites is 1. The number of carbonyl (C=O) groups is 1. The maximum Gasteiger partial charge on any atom is 0.263 e. The summed E-state index contributed by atoms with van der Waals surface area (Å²) in [6.07, 6.45) is 6.91. The first-order valence-corrected chi connectivity index (χ1v) is 6.86. The Balaban J connectivity index is 2.41. The summed E-state index contributed by atoms with van der Waals surface area (Å²) in [6, 6.07) is 5.39. The molecule has 0 spiro atoms. The average Bonchev–Trinajstić information content (AvgIpc) is 2.75. The highest BCUT2D eigenvalue weighted by atomic mass is 32.2. The molecule has 1 aromatic rings. The van der Waals surface area contributed by atoms with Gasteiger partial charge in [-0.15, -0.1) is 6.42 Å². The third-order valence-electron chi connectivity index (χ3n) is 2.46. The average molecular weight is 305 g/mol. The van der Waals surface area contributed by atoms with Gasteiger partial charge in [-0.2, -0.15) is 0 Å². The van der Waals surface area contributed by atoms with E-state index in [4.69, 9.17) is 28.1 Å². The minimum Gasteiger partial charge on any atom is -0.493 e. The molecule has 20 heavy (non-hydrogen) atoms. The Morgan fingerprint density at radius 1 is 1.55 bits per heavy atom. The fourth-order valence-corrected chi connectivity index (χ4v) is 2.67. The smallest absolute Gasteiger partial charge is 0.263 e. The lowest BCUT2D eigenvalue weighted by Crippen LogP contribution is -2.17. The molecule has 1 heterocycles. The van der Waals surface area contributed by atoms with Crippen LogP contribution in [0, 0.1) is 12.3 Å². The zero-order valence-electron chi connectivity index (χ0n) is 10.6. The molecule has 1 saturated heterocycles. The molecule has 0 aromatic heterocycles. The number of amides is 1. The van der Waals surface area contributed by atoms with Gasteiger partial charge >= 0.3 is 0 Å². The van der Waals surface area contributed by atoms with Crippen molar-refractivity contribution in [2.45, 2.75) is 0 Å². The van der Waals surface area contributed by atoms with Crippen molar-refractivity contribution in [2.75, 3.05) is 13.7 Å². The molecule has 4 nitrogen and oxygen atoms in total. The zero-order chi connectivity index (χ0) is 14.5. The summed E-state index contributed by atoms with van der Waals surface area (Å²) in [5, 5.41) is 2.56. The number of carbonyl (C=O) groups excluding carboxylic acids is 1. The molecular weight excluding hydrogens is 294 g/mol. The molecule has 6 heteroatoms. The monoisotopic (exact) mass is 305 g/mol. The predicted octanol–water partition coefficient (Wildman–Crippen LogP) is 2.20. The van der Waals surface area contributed by atoms with Crippen molar-refractivity contribution in [1.82, 2.24) is 5.32 Å². The van der Waals surface area contributed by atoms with E-state index in [-0.39, 0.29) is 12.5 Å². The van der Waals surface area contributed by atoms with Crippen LogP contribution in [0.15, 0.2) is 23.1 Å². The van der Waals surface area contributed by atoms with E-state index in [0.717, 1.165) is 0 Å². The number of ether oxygens (including phenoxy) is 2. The van der Waals surface area contributed by atoms with Crippen molar-refractivity contribution in [1.29, 1.82) is 0 Å². The Labute approximate surface area is 126 Å². The molecule has 0 saturated carbocycles. The lowest BCUT2D eigenvalue weighted by Gasteiger charge is -2.11. The number of hydrogen-bond donors (Lipinski definition) is 1. The van der Waals surface area contributed by atoms with Gasteiger partial charge in [0.15, 0.2) is 11.5 Å². The highest BCUT2D eigenvalue weighted by Gasteiger charge is 2.23. The van der Waals surface area contributed by atoms with Gasteiger partial charge in [0.2, 0.25) is 0 Å². The van der Waals surface area contributed by atoms with Crippen LogP contribution in [0.1, 0.15) is 5.56 Å². The molecule has 1 aliphatic heterocycles. The molecule has 1 aliphatic rings. The summed E-state index contributed by atoms with van der Waals surface area (Å²) in [7, 11) is 1.54. The van der Waals surface area contributed by atoms with Crippen LogP contribution in [0.2, 0.25) is 0 Å². The maximum absolute atomic E-state index is 11.7. The fourth-order valence-electron chi connectivity index (χ4n) is 1.64.